The molecule has 0 spiro atoms. The molecule has 3 nitrogen and oxygen atoms in total. The zero-order valence-electron chi connectivity index (χ0n) is 10.5. The Morgan fingerprint density at radius 2 is 2.16 bits per heavy atom. The molecule has 0 aliphatic carbocycles. The topological polar surface area (TPSA) is 42.2 Å². The van der Waals surface area contributed by atoms with Crippen LogP contribution in [0.15, 0.2) is 29.1 Å². The molecule has 2 aromatic rings. The fourth-order valence-electron chi connectivity index (χ4n) is 1.97. The summed E-state index contributed by atoms with van der Waals surface area (Å²) in [7, 11) is 2.03. The van der Waals surface area contributed by atoms with Gasteiger partial charge in [0.15, 0.2) is 0 Å². The van der Waals surface area contributed by atoms with E-state index in [1.807, 2.05) is 30.1 Å². The minimum atomic E-state index is 0.0940. The average molecular weight is 316 g/mol. The van der Waals surface area contributed by atoms with Crippen LogP contribution in [0.4, 0.5) is 0 Å². The lowest BCUT2D eigenvalue weighted by atomic mass is 10.1. The zero-order valence-corrected chi connectivity index (χ0v) is 12.8. The summed E-state index contributed by atoms with van der Waals surface area (Å²) in [5, 5.41) is 3.15. The molecule has 0 aliphatic heterocycles. The Balaban J connectivity index is 2.16. The fraction of sp³-hybridized carbons (Fsp3) is 0.308. The highest BCUT2D eigenvalue weighted by Crippen LogP contribution is 2.28. The largest absolute Gasteiger partial charge is 0.329 e. The van der Waals surface area contributed by atoms with Crippen LogP contribution in [0.1, 0.15) is 17.3 Å². The number of halogens is 2. The minimum absolute atomic E-state index is 0.0940. The molecular weight excluding hydrogens is 301 g/mol. The molecule has 0 saturated carbocycles. The summed E-state index contributed by atoms with van der Waals surface area (Å²) in [5.74, 6) is 0. The first-order valence-corrected chi connectivity index (χ1v) is 7.54. The van der Waals surface area contributed by atoms with E-state index in [9.17, 15) is 0 Å². The smallest absolute Gasteiger partial charge is 0.0795 e. The lowest BCUT2D eigenvalue weighted by Crippen LogP contribution is -2.30. The molecule has 0 aliphatic rings. The van der Waals surface area contributed by atoms with Crippen LogP contribution in [0.5, 0.6) is 0 Å². The Morgan fingerprint density at radius 3 is 2.74 bits per heavy atom. The third kappa shape index (κ3) is 3.68. The summed E-state index contributed by atoms with van der Waals surface area (Å²) >= 11 is 13.6. The zero-order chi connectivity index (χ0) is 13.8. The molecule has 1 atom stereocenters. The Kier molecular flexibility index (Phi) is 5.19. The van der Waals surface area contributed by atoms with Gasteiger partial charge in [0.2, 0.25) is 0 Å². The third-order valence-electron chi connectivity index (χ3n) is 2.98. The minimum Gasteiger partial charge on any atom is -0.329 e. The van der Waals surface area contributed by atoms with Crippen molar-refractivity contribution in [2.24, 2.45) is 5.73 Å². The molecule has 0 fully saturated rings. The molecule has 1 unspecified atom stereocenters. The SMILES string of the molecule is CN(Cc1cscn1)C(CN)c1ccc(Cl)c(Cl)c1. The second-order valence-electron chi connectivity index (χ2n) is 4.32. The quantitative estimate of drug-likeness (QED) is 0.917. The van der Waals surface area contributed by atoms with Crippen molar-refractivity contribution in [2.45, 2.75) is 12.6 Å². The van der Waals surface area contributed by atoms with Crippen LogP contribution >= 0.6 is 34.5 Å². The predicted molar refractivity (Wildman–Crippen MR) is 81.8 cm³/mol. The highest BCUT2D eigenvalue weighted by Gasteiger charge is 2.17. The van der Waals surface area contributed by atoms with Crippen molar-refractivity contribution < 1.29 is 0 Å². The predicted octanol–water partition coefficient (Wildman–Crippen LogP) is 3.58. The molecule has 1 aromatic heterocycles. The molecule has 1 heterocycles. The number of hydrogen-bond donors (Lipinski definition) is 1. The maximum atomic E-state index is 6.06. The first-order valence-electron chi connectivity index (χ1n) is 5.84. The number of nitrogens with two attached hydrogens (primary N) is 1. The molecule has 2 N–H and O–H groups in total. The Hall–Kier alpha value is -0.650. The van der Waals surface area contributed by atoms with Gasteiger partial charge in [-0.15, -0.1) is 11.3 Å². The van der Waals surface area contributed by atoms with Crippen LogP contribution < -0.4 is 5.73 Å². The van der Waals surface area contributed by atoms with E-state index in [2.05, 4.69) is 9.88 Å². The van der Waals surface area contributed by atoms with Gasteiger partial charge in [-0.3, -0.25) is 4.90 Å². The first kappa shape index (κ1) is 14.8. The van der Waals surface area contributed by atoms with Crippen molar-refractivity contribution in [3.05, 3.63) is 50.4 Å². The maximum absolute atomic E-state index is 6.06. The van der Waals surface area contributed by atoms with Gasteiger partial charge >= 0.3 is 0 Å². The van der Waals surface area contributed by atoms with Crippen LogP contribution in [-0.2, 0) is 6.54 Å². The summed E-state index contributed by atoms with van der Waals surface area (Å²) < 4.78 is 0. The van der Waals surface area contributed by atoms with Crippen molar-refractivity contribution >= 4 is 34.5 Å². The highest BCUT2D eigenvalue weighted by molar-refractivity contribution is 7.07. The monoisotopic (exact) mass is 315 g/mol. The van der Waals surface area contributed by atoms with Gasteiger partial charge in [0, 0.05) is 24.5 Å². The van der Waals surface area contributed by atoms with Gasteiger partial charge < -0.3 is 5.73 Å². The second-order valence-corrected chi connectivity index (χ2v) is 5.85. The molecule has 1 aromatic carbocycles. The standard InChI is InChI=1S/C13H15Cl2N3S/c1-18(6-10-7-19-8-17-10)13(5-16)9-2-3-11(14)12(15)4-9/h2-4,7-8,13H,5-6,16H2,1H3. The number of rotatable bonds is 5. The molecule has 19 heavy (non-hydrogen) atoms. The van der Waals surface area contributed by atoms with E-state index in [0.717, 1.165) is 17.8 Å². The van der Waals surface area contributed by atoms with Gasteiger partial charge in [-0.05, 0) is 24.7 Å². The molecule has 102 valence electrons. The van der Waals surface area contributed by atoms with Crippen molar-refractivity contribution in [3.63, 3.8) is 0 Å². The Morgan fingerprint density at radius 1 is 1.37 bits per heavy atom. The molecule has 0 bridgehead atoms. The van der Waals surface area contributed by atoms with E-state index in [4.69, 9.17) is 28.9 Å². The third-order valence-corrected chi connectivity index (χ3v) is 4.35. The number of nitrogens with zero attached hydrogens (tertiary/aromatic N) is 2. The van der Waals surface area contributed by atoms with E-state index in [0.29, 0.717) is 16.6 Å². The summed E-state index contributed by atoms with van der Waals surface area (Å²) in [4.78, 5) is 6.45. The number of likely N-dealkylation sites (N-methyl/N-ethyl adjacent to an activating group) is 1. The summed E-state index contributed by atoms with van der Waals surface area (Å²) in [6, 6.07) is 5.73. The number of hydrogen-bond acceptors (Lipinski definition) is 4. The average Bonchev–Trinajstić information content (AvgIpc) is 2.87. The van der Waals surface area contributed by atoms with E-state index >= 15 is 0 Å². The number of aromatic nitrogens is 1. The van der Waals surface area contributed by atoms with E-state index in [1.54, 1.807) is 17.4 Å². The van der Waals surface area contributed by atoms with Crippen LogP contribution in [-0.4, -0.2) is 23.5 Å². The van der Waals surface area contributed by atoms with Gasteiger partial charge in [0.1, 0.15) is 0 Å². The Labute approximate surface area is 127 Å². The molecule has 0 radical (unpaired) electrons. The van der Waals surface area contributed by atoms with E-state index < -0.39 is 0 Å². The normalized spacial score (nSPS) is 12.9. The van der Waals surface area contributed by atoms with Crippen LogP contribution in [0.2, 0.25) is 10.0 Å². The van der Waals surface area contributed by atoms with Gasteiger partial charge in [-0.2, -0.15) is 0 Å². The summed E-state index contributed by atoms with van der Waals surface area (Å²) in [6.07, 6.45) is 0. The molecule has 6 heteroatoms. The van der Waals surface area contributed by atoms with Gasteiger partial charge in [0.05, 0.1) is 21.2 Å². The maximum Gasteiger partial charge on any atom is 0.0795 e. The van der Waals surface area contributed by atoms with E-state index in [1.165, 1.54) is 0 Å². The van der Waals surface area contributed by atoms with Crippen molar-refractivity contribution in [1.29, 1.82) is 0 Å². The molecular formula is C13H15Cl2N3S. The van der Waals surface area contributed by atoms with Crippen LogP contribution in [0.25, 0.3) is 0 Å². The summed E-state index contributed by atoms with van der Waals surface area (Å²) in [6.45, 7) is 1.27. The Bertz CT molecular complexity index is 531. The fourth-order valence-corrected chi connectivity index (χ4v) is 2.83. The van der Waals surface area contributed by atoms with Gasteiger partial charge in [0.25, 0.3) is 0 Å². The lowest BCUT2D eigenvalue weighted by Gasteiger charge is -2.27. The van der Waals surface area contributed by atoms with Gasteiger partial charge in [-0.25, -0.2) is 4.98 Å². The van der Waals surface area contributed by atoms with Crippen molar-refractivity contribution in [1.82, 2.24) is 9.88 Å². The van der Waals surface area contributed by atoms with Crippen LogP contribution in [0.3, 0.4) is 0 Å². The second kappa shape index (κ2) is 6.68. The van der Waals surface area contributed by atoms with E-state index in [-0.39, 0.29) is 6.04 Å². The van der Waals surface area contributed by atoms with Crippen molar-refractivity contribution in [2.75, 3.05) is 13.6 Å². The molecule has 0 saturated heterocycles. The molecule has 0 amide bonds. The highest BCUT2D eigenvalue weighted by atomic mass is 35.5. The summed E-state index contributed by atoms with van der Waals surface area (Å²) in [5.41, 5.74) is 9.83. The van der Waals surface area contributed by atoms with Gasteiger partial charge in [-0.1, -0.05) is 29.3 Å². The lowest BCUT2D eigenvalue weighted by molar-refractivity contribution is 0.239. The number of thiazole rings is 1. The van der Waals surface area contributed by atoms with Crippen molar-refractivity contribution in [3.8, 4) is 0 Å². The van der Waals surface area contributed by atoms with Crippen LogP contribution in [0, 0.1) is 0 Å². The molecule has 2 rings (SSSR count). The number of benzene rings is 1. The first-order chi connectivity index (χ1) is 9.11.